The van der Waals surface area contributed by atoms with Gasteiger partial charge in [0.15, 0.2) is 0 Å². The second-order valence-electron chi connectivity index (χ2n) is 7.07. The van der Waals surface area contributed by atoms with E-state index >= 15 is 0 Å². The largest absolute Gasteiger partial charge is 0.391 e. The molecule has 1 aliphatic rings. The highest BCUT2D eigenvalue weighted by Gasteiger charge is 2.30. The number of rotatable bonds is 4. The van der Waals surface area contributed by atoms with E-state index in [1.165, 1.54) is 6.20 Å². The van der Waals surface area contributed by atoms with E-state index in [-0.39, 0.29) is 11.8 Å². The molecule has 0 unspecified atom stereocenters. The van der Waals surface area contributed by atoms with Crippen LogP contribution in [-0.4, -0.2) is 65.6 Å². The molecule has 1 amide bonds. The smallest absolute Gasteiger partial charge is 0.253 e. The molecule has 0 radical (unpaired) electrons. The molecular weight excluding hydrogens is 333 g/mol. The van der Waals surface area contributed by atoms with E-state index < -0.39 is 11.9 Å². The maximum atomic E-state index is 14.0. The molecule has 1 aliphatic heterocycles. The first-order chi connectivity index (χ1) is 12.5. The number of β-amino-alcohol motifs (C(OH)–C–C–N with tert-alkyl or cyclic N) is 1. The van der Waals surface area contributed by atoms with E-state index in [0.29, 0.717) is 29.8 Å². The molecule has 2 heterocycles. The van der Waals surface area contributed by atoms with Crippen molar-refractivity contribution in [1.82, 2.24) is 14.8 Å². The highest BCUT2D eigenvalue weighted by atomic mass is 19.1. The van der Waals surface area contributed by atoms with E-state index in [9.17, 15) is 14.3 Å². The van der Waals surface area contributed by atoms with Gasteiger partial charge in [-0.3, -0.25) is 9.78 Å². The van der Waals surface area contributed by atoms with Gasteiger partial charge in [-0.05, 0) is 44.3 Å². The number of aromatic nitrogens is 1. The number of carbonyl (C=O) groups excluding carboxylic acids is 1. The fourth-order valence-electron chi connectivity index (χ4n) is 3.46. The van der Waals surface area contributed by atoms with Gasteiger partial charge in [0.2, 0.25) is 0 Å². The fraction of sp³-hybridized carbons (Fsp3) is 0.400. The molecule has 2 aromatic rings. The average Bonchev–Trinajstić information content (AvgIpc) is 2.63. The summed E-state index contributed by atoms with van der Waals surface area (Å²) < 4.78 is 14.0. The average molecular weight is 357 g/mol. The topological polar surface area (TPSA) is 56.7 Å². The predicted octanol–water partition coefficient (Wildman–Crippen LogP) is 2.27. The van der Waals surface area contributed by atoms with E-state index in [1.54, 1.807) is 35.2 Å². The minimum atomic E-state index is -0.532. The molecule has 26 heavy (non-hydrogen) atoms. The van der Waals surface area contributed by atoms with Gasteiger partial charge in [-0.2, -0.15) is 0 Å². The van der Waals surface area contributed by atoms with Crippen molar-refractivity contribution < 1.29 is 14.3 Å². The number of aliphatic hydroxyl groups excluding tert-OH is 1. The van der Waals surface area contributed by atoms with Crippen LogP contribution in [0.3, 0.4) is 0 Å². The number of hydrogen-bond donors (Lipinski definition) is 1. The summed E-state index contributed by atoms with van der Waals surface area (Å²) in [7, 11) is 3.96. The van der Waals surface area contributed by atoms with Crippen LogP contribution >= 0.6 is 0 Å². The first kappa shape index (κ1) is 18.5. The van der Waals surface area contributed by atoms with Crippen molar-refractivity contribution in [2.45, 2.75) is 12.5 Å². The first-order valence-electron chi connectivity index (χ1n) is 8.77. The van der Waals surface area contributed by atoms with Crippen LogP contribution in [0.15, 0.2) is 42.7 Å². The van der Waals surface area contributed by atoms with E-state index in [2.05, 4.69) is 9.88 Å². The van der Waals surface area contributed by atoms with Crippen LogP contribution < -0.4 is 0 Å². The first-order valence-corrected chi connectivity index (χ1v) is 8.77. The molecule has 0 aliphatic carbocycles. The Morgan fingerprint density at radius 3 is 2.88 bits per heavy atom. The number of halogens is 1. The minimum Gasteiger partial charge on any atom is -0.391 e. The van der Waals surface area contributed by atoms with Crippen molar-refractivity contribution in [3.05, 3.63) is 54.1 Å². The van der Waals surface area contributed by atoms with Crippen LogP contribution in [0.5, 0.6) is 0 Å². The zero-order valence-corrected chi connectivity index (χ0v) is 15.1. The van der Waals surface area contributed by atoms with Crippen molar-refractivity contribution in [1.29, 1.82) is 0 Å². The Kier molecular flexibility index (Phi) is 5.64. The number of aliphatic hydroxyl groups is 1. The zero-order chi connectivity index (χ0) is 18.7. The molecule has 1 fully saturated rings. The maximum Gasteiger partial charge on any atom is 0.253 e. The van der Waals surface area contributed by atoms with E-state index in [0.717, 1.165) is 19.2 Å². The molecule has 138 valence electrons. The Balaban J connectivity index is 1.75. The lowest BCUT2D eigenvalue weighted by Crippen LogP contribution is -2.49. The van der Waals surface area contributed by atoms with E-state index in [1.807, 2.05) is 14.1 Å². The number of nitrogens with zero attached hydrogens (tertiary/aromatic N) is 3. The van der Waals surface area contributed by atoms with Crippen LogP contribution in [0.1, 0.15) is 16.8 Å². The second-order valence-corrected chi connectivity index (χ2v) is 7.07. The molecule has 2 atom stereocenters. The van der Waals surface area contributed by atoms with Crippen molar-refractivity contribution >= 4 is 5.91 Å². The molecule has 0 saturated carbocycles. The van der Waals surface area contributed by atoms with Gasteiger partial charge in [0, 0.05) is 42.9 Å². The Morgan fingerprint density at radius 1 is 1.38 bits per heavy atom. The van der Waals surface area contributed by atoms with Gasteiger partial charge in [0.25, 0.3) is 5.91 Å². The van der Waals surface area contributed by atoms with Crippen molar-refractivity contribution in [3.8, 4) is 11.1 Å². The zero-order valence-electron chi connectivity index (χ0n) is 15.1. The molecule has 0 bridgehead atoms. The normalized spacial score (nSPS) is 20.4. The Morgan fingerprint density at radius 2 is 2.19 bits per heavy atom. The summed E-state index contributed by atoms with van der Waals surface area (Å²) in [5.41, 5.74) is 1.55. The number of piperidine rings is 1. The third-order valence-corrected chi connectivity index (χ3v) is 4.80. The number of amides is 1. The molecule has 3 rings (SSSR count). The van der Waals surface area contributed by atoms with Crippen molar-refractivity contribution in [2.24, 2.45) is 5.92 Å². The Labute approximate surface area is 153 Å². The Bertz CT molecular complexity index is 781. The van der Waals surface area contributed by atoms with Crippen LogP contribution in [-0.2, 0) is 0 Å². The summed E-state index contributed by atoms with van der Waals surface area (Å²) in [5.74, 6) is -0.382. The molecule has 0 spiro atoms. The Hall–Kier alpha value is -2.31. The molecular formula is C20H24FN3O2. The summed E-state index contributed by atoms with van der Waals surface area (Å²) in [6.45, 7) is 1.74. The lowest BCUT2D eigenvalue weighted by molar-refractivity contribution is 0.0124. The minimum absolute atomic E-state index is 0.135. The monoisotopic (exact) mass is 357 g/mol. The fourth-order valence-corrected chi connectivity index (χ4v) is 3.46. The van der Waals surface area contributed by atoms with Crippen LogP contribution in [0, 0.1) is 11.7 Å². The van der Waals surface area contributed by atoms with Crippen molar-refractivity contribution in [3.63, 3.8) is 0 Å². The third kappa shape index (κ3) is 4.08. The molecule has 1 aromatic heterocycles. The van der Waals surface area contributed by atoms with Crippen molar-refractivity contribution in [2.75, 3.05) is 33.7 Å². The number of pyridine rings is 1. The molecule has 5 nitrogen and oxygen atoms in total. The van der Waals surface area contributed by atoms with Gasteiger partial charge >= 0.3 is 0 Å². The predicted molar refractivity (Wildman–Crippen MR) is 98.2 cm³/mol. The summed E-state index contributed by atoms with van der Waals surface area (Å²) in [5, 5.41) is 10.4. The highest BCUT2D eigenvalue weighted by Crippen LogP contribution is 2.25. The molecule has 1 saturated heterocycles. The van der Waals surface area contributed by atoms with E-state index in [4.69, 9.17) is 0 Å². The molecule has 1 N–H and O–H groups in total. The quantitative estimate of drug-likeness (QED) is 0.912. The van der Waals surface area contributed by atoms with Gasteiger partial charge in [-0.25, -0.2) is 4.39 Å². The molecule has 1 aromatic carbocycles. The number of carbonyl (C=O) groups is 1. The van der Waals surface area contributed by atoms with Gasteiger partial charge in [-0.15, -0.1) is 0 Å². The lowest BCUT2D eigenvalue weighted by Gasteiger charge is -2.37. The number of likely N-dealkylation sites (tertiary alicyclic amines) is 1. The summed E-state index contributed by atoms with van der Waals surface area (Å²) in [4.78, 5) is 20.3. The van der Waals surface area contributed by atoms with Gasteiger partial charge in [-0.1, -0.05) is 12.1 Å². The summed E-state index contributed by atoms with van der Waals surface area (Å²) in [6.07, 6.45) is 2.93. The number of benzene rings is 1. The third-order valence-electron chi connectivity index (χ3n) is 4.80. The van der Waals surface area contributed by atoms with Crippen LogP contribution in [0.4, 0.5) is 4.39 Å². The summed E-state index contributed by atoms with van der Waals surface area (Å²) >= 11 is 0. The SMILES string of the molecule is CN(C)C[C@@H]1CCN(C(=O)c2cccc(-c3ccncc3F)c2)C[C@H]1O. The maximum absolute atomic E-state index is 14.0. The van der Waals surface area contributed by atoms with Gasteiger partial charge in [0.05, 0.1) is 12.3 Å². The van der Waals surface area contributed by atoms with Gasteiger partial charge < -0.3 is 14.9 Å². The summed E-state index contributed by atoms with van der Waals surface area (Å²) in [6, 6.07) is 8.53. The second kappa shape index (κ2) is 7.93. The van der Waals surface area contributed by atoms with Crippen LogP contribution in [0.25, 0.3) is 11.1 Å². The lowest BCUT2D eigenvalue weighted by atomic mass is 9.93. The molecule has 6 heteroatoms. The highest BCUT2D eigenvalue weighted by molar-refractivity contribution is 5.95. The number of hydrogen-bond acceptors (Lipinski definition) is 4. The standard InChI is InChI=1S/C20H24FN3O2/c1-23(2)12-16-7-9-24(13-19(16)25)20(26)15-5-3-4-14(10-15)17-6-8-22-11-18(17)21/h3-6,8,10-11,16,19,25H,7,9,12-13H2,1-2H3/t16-,19+/m0/s1. The van der Waals surface area contributed by atoms with Crippen LogP contribution in [0.2, 0.25) is 0 Å². The van der Waals surface area contributed by atoms with Gasteiger partial charge in [0.1, 0.15) is 5.82 Å².